The molecular formula is C16H17ClN2O4S2. The van der Waals surface area contributed by atoms with Crippen LogP contribution in [0.25, 0.3) is 0 Å². The van der Waals surface area contributed by atoms with Gasteiger partial charge in [-0.2, -0.15) is 0 Å². The lowest BCUT2D eigenvalue weighted by Gasteiger charge is -2.15. The minimum Gasteiger partial charge on any atom is -0.322 e. The Hall–Kier alpha value is -1.58. The molecule has 2 aromatic rings. The number of carbonyl (C=O) groups is 1. The van der Waals surface area contributed by atoms with Crippen molar-refractivity contribution >= 4 is 45.0 Å². The fraction of sp³-hybridized carbons (Fsp3) is 0.188. The van der Waals surface area contributed by atoms with E-state index in [1.165, 1.54) is 32.4 Å². The molecule has 0 aliphatic rings. The van der Waals surface area contributed by atoms with Crippen LogP contribution >= 0.6 is 23.4 Å². The maximum atomic E-state index is 12.5. The van der Waals surface area contributed by atoms with E-state index in [0.717, 1.165) is 4.90 Å². The van der Waals surface area contributed by atoms with Gasteiger partial charge in [0.1, 0.15) is 0 Å². The van der Waals surface area contributed by atoms with E-state index in [0.29, 0.717) is 10.2 Å². The molecule has 6 nitrogen and oxygen atoms in total. The number of hydrogen-bond acceptors (Lipinski definition) is 5. The molecule has 25 heavy (non-hydrogen) atoms. The second-order valence-corrected chi connectivity index (χ2v) is 8.15. The maximum Gasteiger partial charge on any atom is 0.264 e. The van der Waals surface area contributed by atoms with Crippen LogP contribution < -0.4 is 5.32 Å². The highest BCUT2D eigenvalue weighted by atomic mass is 35.5. The summed E-state index contributed by atoms with van der Waals surface area (Å²) < 4.78 is 25.3. The lowest BCUT2D eigenvalue weighted by atomic mass is 10.2. The number of anilines is 1. The Labute approximate surface area is 156 Å². The molecule has 2 aromatic carbocycles. The Kier molecular flexibility index (Phi) is 6.47. The van der Waals surface area contributed by atoms with Gasteiger partial charge >= 0.3 is 0 Å². The highest BCUT2D eigenvalue weighted by Crippen LogP contribution is 2.24. The molecule has 0 saturated heterocycles. The molecular weight excluding hydrogens is 384 g/mol. The summed E-state index contributed by atoms with van der Waals surface area (Å²) in [4.78, 5) is 18.1. The molecule has 0 bridgehead atoms. The maximum absolute atomic E-state index is 12.5. The summed E-state index contributed by atoms with van der Waals surface area (Å²) >= 11 is 7.62. The van der Waals surface area contributed by atoms with Gasteiger partial charge in [0.2, 0.25) is 0 Å². The van der Waals surface area contributed by atoms with Crippen molar-refractivity contribution < 1.29 is 18.0 Å². The molecule has 1 amide bonds. The molecule has 0 saturated carbocycles. The summed E-state index contributed by atoms with van der Waals surface area (Å²) in [5.74, 6) is -0.500. The number of hydrogen-bond donors (Lipinski definition) is 1. The normalized spacial score (nSPS) is 11.6. The molecule has 9 heteroatoms. The highest BCUT2D eigenvalue weighted by molar-refractivity contribution is 7.98. The number of nitrogens with one attached hydrogen (secondary N) is 1. The lowest BCUT2D eigenvalue weighted by molar-refractivity contribution is -0.0258. The van der Waals surface area contributed by atoms with Gasteiger partial charge in [-0.15, -0.1) is 11.8 Å². The number of thioether (sulfide) groups is 1. The first-order valence-electron chi connectivity index (χ1n) is 7.07. The van der Waals surface area contributed by atoms with Gasteiger partial charge in [-0.25, -0.2) is 8.42 Å². The molecule has 0 fully saturated rings. The molecule has 0 aromatic heterocycles. The van der Waals surface area contributed by atoms with Gasteiger partial charge in [0, 0.05) is 17.6 Å². The van der Waals surface area contributed by atoms with E-state index >= 15 is 0 Å². The molecule has 0 spiro atoms. The molecule has 0 atom stereocenters. The van der Waals surface area contributed by atoms with Crippen LogP contribution in [0, 0.1) is 0 Å². The van der Waals surface area contributed by atoms with Crippen LogP contribution in [0.15, 0.2) is 52.3 Å². The van der Waals surface area contributed by atoms with Crippen molar-refractivity contribution in [3.05, 3.63) is 53.1 Å². The van der Waals surface area contributed by atoms with Crippen LogP contribution in [0.5, 0.6) is 0 Å². The smallest absolute Gasteiger partial charge is 0.264 e. The molecule has 0 heterocycles. The number of carbonyl (C=O) groups excluding carboxylic acids is 1. The monoisotopic (exact) mass is 400 g/mol. The summed E-state index contributed by atoms with van der Waals surface area (Å²) in [6.07, 6.45) is 1.93. The van der Waals surface area contributed by atoms with Crippen LogP contribution in [0.1, 0.15) is 10.4 Å². The average molecular weight is 401 g/mol. The zero-order valence-corrected chi connectivity index (χ0v) is 16.2. The van der Waals surface area contributed by atoms with Crippen LogP contribution in [0.3, 0.4) is 0 Å². The van der Waals surface area contributed by atoms with E-state index in [4.69, 9.17) is 16.4 Å². The predicted octanol–water partition coefficient (Wildman–Crippen LogP) is 3.50. The number of amides is 1. The third-order valence-electron chi connectivity index (χ3n) is 3.40. The van der Waals surface area contributed by atoms with E-state index in [1.54, 1.807) is 17.8 Å². The van der Waals surface area contributed by atoms with E-state index in [1.807, 2.05) is 24.5 Å². The molecule has 2 rings (SSSR count). The van der Waals surface area contributed by atoms with Crippen LogP contribution in [0.2, 0.25) is 5.02 Å². The molecule has 0 aliphatic carbocycles. The Morgan fingerprint density at radius 1 is 1.24 bits per heavy atom. The van der Waals surface area contributed by atoms with Gasteiger partial charge in [-0.05, 0) is 42.7 Å². The second-order valence-electron chi connectivity index (χ2n) is 4.93. The van der Waals surface area contributed by atoms with E-state index < -0.39 is 15.9 Å². The van der Waals surface area contributed by atoms with Crippen LogP contribution in [-0.4, -0.2) is 39.2 Å². The third-order valence-corrected chi connectivity index (χ3v) is 6.13. The summed E-state index contributed by atoms with van der Waals surface area (Å²) in [6.45, 7) is 0. The van der Waals surface area contributed by atoms with Gasteiger partial charge in [0.05, 0.1) is 22.6 Å². The summed E-state index contributed by atoms with van der Waals surface area (Å²) in [5.41, 5.74) is 0.650. The Morgan fingerprint density at radius 3 is 2.60 bits per heavy atom. The predicted molar refractivity (Wildman–Crippen MR) is 99.6 cm³/mol. The number of rotatable bonds is 6. The summed E-state index contributed by atoms with van der Waals surface area (Å²) in [5, 5.41) is 2.87. The number of benzene rings is 2. The minimum atomic E-state index is -3.88. The second kappa shape index (κ2) is 8.20. The first-order valence-corrected chi connectivity index (χ1v) is 10.1. The highest BCUT2D eigenvalue weighted by Gasteiger charge is 2.23. The van der Waals surface area contributed by atoms with E-state index in [9.17, 15) is 13.2 Å². The number of hydroxylamine groups is 1. The number of sulfonamides is 1. The van der Waals surface area contributed by atoms with Crippen LogP contribution in [0.4, 0.5) is 5.69 Å². The van der Waals surface area contributed by atoms with Gasteiger partial charge in [-0.3, -0.25) is 9.63 Å². The quantitative estimate of drug-likeness (QED) is 0.593. The molecule has 134 valence electrons. The first kappa shape index (κ1) is 19.7. The van der Waals surface area contributed by atoms with Gasteiger partial charge in [0.25, 0.3) is 15.9 Å². The average Bonchev–Trinajstić information content (AvgIpc) is 2.61. The minimum absolute atomic E-state index is 0.0572. The number of nitrogens with zero attached hydrogens (tertiary/aromatic N) is 1. The van der Waals surface area contributed by atoms with Crippen molar-refractivity contribution in [1.29, 1.82) is 0 Å². The van der Waals surface area contributed by atoms with E-state index in [-0.39, 0.29) is 15.5 Å². The first-order chi connectivity index (χ1) is 11.8. The molecule has 0 unspecified atom stereocenters. The molecule has 0 radical (unpaired) electrons. The van der Waals surface area contributed by atoms with Crippen molar-refractivity contribution in [2.24, 2.45) is 0 Å². The molecule has 0 aliphatic heterocycles. The fourth-order valence-corrected chi connectivity index (χ4v) is 3.65. The summed E-state index contributed by atoms with van der Waals surface area (Å²) in [7, 11) is -1.38. The van der Waals surface area contributed by atoms with E-state index in [2.05, 4.69) is 5.32 Å². The fourth-order valence-electron chi connectivity index (χ4n) is 1.98. The van der Waals surface area contributed by atoms with Gasteiger partial charge in [0.15, 0.2) is 0 Å². The third kappa shape index (κ3) is 4.53. The Morgan fingerprint density at radius 2 is 1.96 bits per heavy atom. The summed E-state index contributed by atoms with van der Waals surface area (Å²) in [6, 6.07) is 11.2. The van der Waals surface area contributed by atoms with Crippen molar-refractivity contribution in [2.75, 3.05) is 25.7 Å². The van der Waals surface area contributed by atoms with Crippen LogP contribution in [-0.2, 0) is 14.9 Å². The lowest BCUT2D eigenvalue weighted by Crippen LogP contribution is -2.26. The van der Waals surface area contributed by atoms with Crippen molar-refractivity contribution in [3.8, 4) is 0 Å². The van der Waals surface area contributed by atoms with Crippen molar-refractivity contribution in [3.63, 3.8) is 0 Å². The SMILES string of the molecule is CON(C)S(=O)(=O)c1ccc(Cl)c(C(=O)Nc2cccc(SC)c2)c1. The topological polar surface area (TPSA) is 75.7 Å². The standard InChI is InChI=1S/C16H17ClN2O4S2/c1-19(23-2)25(21,22)13-7-8-15(17)14(10-13)16(20)18-11-5-4-6-12(9-11)24-3/h4-10H,1-3H3,(H,18,20). The zero-order chi connectivity index (χ0) is 18.6. The number of halogens is 1. The Bertz CT molecular complexity index is 887. The van der Waals surface area contributed by atoms with Gasteiger partial charge < -0.3 is 5.32 Å². The van der Waals surface area contributed by atoms with Crippen molar-refractivity contribution in [1.82, 2.24) is 4.47 Å². The molecule has 1 N–H and O–H groups in total. The Balaban J connectivity index is 2.35. The van der Waals surface area contributed by atoms with Gasteiger partial charge in [-0.1, -0.05) is 22.1 Å². The largest absolute Gasteiger partial charge is 0.322 e. The van der Waals surface area contributed by atoms with Crippen molar-refractivity contribution in [2.45, 2.75) is 9.79 Å². The zero-order valence-electron chi connectivity index (χ0n) is 13.8.